The van der Waals surface area contributed by atoms with Gasteiger partial charge in [-0.05, 0) is 19.8 Å². The summed E-state index contributed by atoms with van der Waals surface area (Å²) in [4.78, 5) is 17.9. The zero-order valence-electron chi connectivity index (χ0n) is 10.2. The van der Waals surface area contributed by atoms with Crippen LogP contribution in [0.1, 0.15) is 30.3 Å². The van der Waals surface area contributed by atoms with Crippen LogP contribution in [0.2, 0.25) is 0 Å². The highest BCUT2D eigenvalue weighted by atomic mass is 32.1. The van der Waals surface area contributed by atoms with Crippen LogP contribution in [0.5, 0.6) is 0 Å². The van der Waals surface area contributed by atoms with Gasteiger partial charge in [-0.2, -0.15) is 0 Å². The van der Waals surface area contributed by atoms with Gasteiger partial charge in [-0.3, -0.25) is 0 Å². The molecule has 17 heavy (non-hydrogen) atoms. The number of aliphatic hydroxyl groups is 1. The zero-order valence-corrected chi connectivity index (χ0v) is 11.0. The highest BCUT2D eigenvalue weighted by Gasteiger charge is 2.18. The molecule has 0 bridgehead atoms. The van der Waals surface area contributed by atoms with Crippen LogP contribution < -0.4 is 4.90 Å². The van der Waals surface area contributed by atoms with Crippen molar-refractivity contribution in [1.29, 1.82) is 0 Å². The van der Waals surface area contributed by atoms with E-state index in [1.807, 2.05) is 0 Å². The molecule has 0 aromatic carbocycles. The smallest absolute Gasteiger partial charge is 0.357 e. The summed E-state index contributed by atoms with van der Waals surface area (Å²) in [7, 11) is 1.00. The van der Waals surface area contributed by atoms with Crippen LogP contribution in [0.25, 0.3) is 0 Å². The second kappa shape index (κ2) is 7.24. The molecular weight excluding hydrogens is 240 g/mol. The van der Waals surface area contributed by atoms with Crippen LogP contribution in [0.15, 0.2) is 5.38 Å². The standard InChI is InChI=1S/C10H14N2O2S.CH4O/c1-2-14-9(13)8-7-15-10(11-8)12-5-3-4-6-12;1-2/h7H,2-6H2,1H3;2H,1H3. The lowest BCUT2D eigenvalue weighted by molar-refractivity contribution is 0.0520. The molecule has 0 spiro atoms. The number of carbonyl (C=O) groups is 1. The molecule has 1 fully saturated rings. The number of ether oxygens (including phenoxy) is 1. The van der Waals surface area contributed by atoms with Crippen molar-refractivity contribution in [1.82, 2.24) is 4.98 Å². The van der Waals surface area contributed by atoms with Gasteiger partial charge in [0.2, 0.25) is 0 Å². The van der Waals surface area contributed by atoms with E-state index in [9.17, 15) is 4.79 Å². The number of hydrogen-bond acceptors (Lipinski definition) is 6. The molecule has 1 aromatic heterocycles. The van der Waals surface area contributed by atoms with Gasteiger partial charge < -0.3 is 14.7 Å². The Kier molecular flexibility index (Phi) is 5.93. The van der Waals surface area contributed by atoms with Gasteiger partial charge in [0.25, 0.3) is 0 Å². The van der Waals surface area contributed by atoms with E-state index in [0.717, 1.165) is 25.3 Å². The number of hydrogen-bond donors (Lipinski definition) is 1. The second-order valence-corrected chi connectivity index (χ2v) is 4.27. The average Bonchev–Trinajstić information content (AvgIpc) is 3.03. The predicted molar refractivity (Wildman–Crippen MR) is 67.7 cm³/mol. The van der Waals surface area contributed by atoms with Crippen LogP contribution in [0.4, 0.5) is 5.13 Å². The molecule has 2 rings (SSSR count). The number of anilines is 1. The van der Waals surface area contributed by atoms with Crippen molar-refractivity contribution in [3.05, 3.63) is 11.1 Å². The molecular formula is C11H18N2O3S. The van der Waals surface area contributed by atoms with E-state index in [0.29, 0.717) is 12.3 Å². The van der Waals surface area contributed by atoms with Crippen molar-refractivity contribution in [2.75, 3.05) is 31.7 Å². The Bertz CT molecular complexity index is 348. The molecule has 0 aliphatic carbocycles. The first-order chi connectivity index (χ1) is 8.31. The normalized spacial score (nSPS) is 14.2. The third-order valence-corrected chi connectivity index (χ3v) is 3.25. The molecule has 5 nitrogen and oxygen atoms in total. The molecule has 1 aliphatic heterocycles. The number of rotatable bonds is 3. The Morgan fingerprint density at radius 2 is 2.18 bits per heavy atom. The summed E-state index contributed by atoms with van der Waals surface area (Å²) < 4.78 is 4.89. The zero-order chi connectivity index (χ0) is 12.7. The Morgan fingerprint density at radius 3 is 2.76 bits per heavy atom. The quantitative estimate of drug-likeness (QED) is 0.833. The van der Waals surface area contributed by atoms with E-state index in [4.69, 9.17) is 9.84 Å². The van der Waals surface area contributed by atoms with E-state index in [1.165, 1.54) is 24.2 Å². The summed E-state index contributed by atoms with van der Waals surface area (Å²) in [6.45, 7) is 4.30. The van der Waals surface area contributed by atoms with E-state index in [1.54, 1.807) is 12.3 Å². The number of thiazole rings is 1. The third-order valence-electron chi connectivity index (χ3n) is 2.35. The molecule has 0 unspecified atom stereocenters. The first kappa shape index (κ1) is 13.9. The fourth-order valence-corrected chi connectivity index (χ4v) is 2.47. The monoisotopic (exact) mass is 258 g/mol. The molecule has 0 amide bonds. The van der Waals surface area contributed by atoms with Crippen LogP contribution >= 0.6 is 11.3 Å². The summed E-state index contributed by atoms with van der Waals surface area (Å²) in [5.41, 5.74) is 0.434. The highest BCUT2D eigenvalue weighted by Crippen LogP contribution is 2.24. The van der Waals surface area contributed by atoms with Crippen LogP contribution in [-0.2, 0) is 4.74 Å². The Morgan fingerprint density at radius 1 is 1.53 bits per heavy atom. The first-order valence-corrected chi connectivity index (χ1v) is 6.51. The van der Waals surface area contributed by atoms with E-state index in [2.05, 4.69) is 9.88 Å². The Labute approximate surface area is 105 Å². The summed E-state index contributed by atoms with van der Waals surface area (Å²) >= 11 is 1.51. The largest absolute Gasteiger partial charge is 0.461 e. The van der Waals surface area contributed by atoms with Gasteiger partial charge in [0.15, 0.2) is 10.8 Å². The molecule has 6 heteroatoms. The Balaban J connectivity index is 0.000000686. The Hall–Kier alpha value is -1.14. The first-order valence-electron chi connectivity index (χ1n) is 5.63. The number of esters is 1. The summed E-state index contributed by atoms with van der Waals surface area (Å²) in [5.74, 6) is -0.320. The number of nitrogens with zero attached hydrogens (tertiary/aromatic N) is 2. The number of carbonyl (C=O) groups excluding carboxylic acids is 1. The van der Waals surface area contributed by atoms with Gasteiger partial charge in [-0.15, -0.1) is 11.3 Å². The lowest BCUT2D eigenvalue weighted by atomic mass is 10.4. The second-order valence-electron chi connectivity index (χ2n) is 3.43. The summed E-state index contributed by atoms with van der Waals surface area (Å²) in [6, 6.07) is 0. The number of aromatic nitrogens is 1. The molecule has 0 saturated carbocycles. The van der Waals surface area contributed by atoms with Crippen LogP contribution in [-0.4, -0.2) is 42.9 Å². The van der Waals surface area contributed by atoms with Crippen molar-refractivity contribution in [3.8, 4) is 0 Å². The minimum atomic E-state index is -0.320. The fraction of sp³-hybridized carbons (Fsp3) is 0.636. The fourth-order valence-electron chi connectivity index (χ4n) is 1.62. The SMILES string of the molecule is CCOC(=O)c1csc(N2CCCC2)n1.CO. The molecule has 1 aliphatic rings. The van der Waals surface area contributed by atoms with Crippen molar-refractivity contribution >= 4 is 22.4 Å². The lowest BCUT2D eigenvalue weighted by Crippen LogP contribution is -2.17. The van der Waals surface area contributed by atoms with Gasteiger partial charge >= 0.3 is 5.97 Å². The molecule has 1 aromatic rings. The maximum absolute atomic E-state index is 11.4. The van der Waals surface area contributed by atoms with E-state index < -0.39 is 0 Å². The molecule has 0 radical (unpaired) electrons. The lowest BCUT2D eigenvalue weighted by Gasteiger charge is -2.11. The van der Waals surface area contributed by atoms with Gasteiger partial charge in [-0.25, -0.2) is 9.78 Å². The molecule has 1 saturated heterocycles. The maximum Gasteiger partial charge on any atom is 0.357 e. The van der Waals surface area contributed by atoms with Gasteiger partial charge in [0.05, 0.1) is 6.61 Å². The van der Waals surface area contributed by atoms with E-state index >= 15 is 0 Å². The van der Waals surface area contributed by atoms with Gasteiger partial charge in [0, 0.05) is 25.6 Å². The van der Waals surface area contributed by atoms with Crippen molar-refractivity contribution in [2.45, 2.75) is 19.8 Å². The third kappa shape index (κ3) is 3.67. The molecule has 96 valence electrons. The molecule has 1 N–H and O–H groups in total. The van der Waals surface area contributed by atoms with Crippen LogP contribution in [0.3, 0.4) is 0 Å². The van der Waals surface area contributed by atoms with Gasteiger partial charge in [-0.1, -0.05) is 0 Å². The van der Waals surface area contributed by atoms with Crippen LogP contribution in [0, 0.1) is 0 Å². The van der Waals surface area contributed by atoms with Gasteiger partial charge in [0.1, 0.15) is 0 Å². The summed E-state index contributed by atoms with van der Waals surface area (Å²) in [5, 5.41) is 9.71. The maximum atomic E-state index is 11.4. The number of aliphatic hydroxyl groups excluding tert-OH is 1. The minimum Gasteiger partial charge on any atom is -0.461 e. The average molecular weight is 258 g/mol. The molecule has 0 atom stereocenters. The van der Waals surface area contributed by atoms with Crippen molar-refractivity contribution in [3.63, 3.8) is 0 Å². The predicted octanol–water partition coefficient (Wildman–Crippen LogP) is 1.53. The van der Waals surface area contributed by atoms with Crippen molar-refractivity contribution < 1.29 is 14.6 Å². The minimum absolute atomic E-state index is 0.320. The summed E-state index contributed by atoms with van der Waals surface area (Å²) in [6.07, 6.45) is 2.43. The molecule has 2 heterocycles. The van der Waals surface area contributed by atoms with E-state index in [-0.39, 0.29) is 5.97 Å². The highest BCUT2D eigenvalue weighted by molar-refractivity contribution is 7.13. The topological polar surface area (TPSA) is 62.7 Å². The van der Waals surface area contributed by atoms with Crippen molar-refractivity contribution in [2.24, 2.45) is 0 Å².